The molecule has 0 unspecified atom stereocenters. The van der Waals surface area contributed by atoms with Gasteiger partial charge in [0.2, 0.25) is 0 Å². The molecule has 2 rings (SSSR count). The van der Waals surface area contributed by atoms with Crippen LogP contribution in [0.25, 0.3) is 0 Å². The van der Waals surface area contributed by atoms with Crippen LogP contribution in [0, 0.1) is 6.92 Å². The number of nitrogens with zero attached hydrogens (tertiary/aromatic N) is 1. The van der Waals surface area contributed by atoms with Crippen LogP contribution in [0.5, 0.6) is 0 Å². The number of anilines is 1. The Hall–Kier alpha value is -1.00. The molecular formula is C9H9ClN2OS. The molecule has 74 valence electrons. The molecule has 0 spiro atoms. The Kier molecular flexibility index (Phi) is 2.74. The number of aromatic nitrogens is 1. The van der Waals surface area contributed by atoms with Crippen molar-refractivity contribution in [3.05, 3.63) is 33.2 Å². The van der Waals surface area contributed by atoms with Crippen LogP contribution in [-0.2, 0) is 6.54 Å². The lowest BCUT2D eigenvalue weighted by Crippen LogP contribution is -1.98. The summed E-state index contributed by atoms with van der Waals surface area (Å²) in [5, 5.41) is 8.91. The molecule has 0 saturated heterocycles. The van der Waals surface area contributed by atoms with Crippen molar-refractivity contribution in [2.45, 2.75) is 13.5 Å². The molecule has 0 radical (unpaired) electrons. The van der Waals surface area contributed by atoms with Crippen molar-refractivity contribution < 1.29 is 4.52 Å². The summed E-state index contributed by atoms with van der Waals surface area (Å²) in [5.41, 5.74) is 1.08. The van der Waals surface area contributed by atoms with Gasteiger partial charge in [0.25, 0.3) is 0 Å². The molecule has 5 heteroatoms. The lowest BCUT2D eigenvalue weighted by molar-refractivity contribution is 0.399. The number of hydrogen-bond acceptors (Lipinski definition) is 4. The van der Waals surface area contributed by atoms with Gasteiger partial charge in [0.05, 0.1) is 4.34 Å². The van der Waals surface area contributed by atoms with Crippen molar-refractivity contribution in [3.8, 4) is 0 Å². The molecule has 2 aromatic rings. The third-order valence-electron chi connectivity index (χ3n) is 1.78. The smallest absolute Gasteiger partial charge is 0.169 e. The van der Waals surface area contributed by atoms with Crippen molar-refractivity contribution >= 4 is 28.8 Å². The maximum absolute atomic E-state index is 5.95. The van der Waals surface area contributed by atoms with Gasteiger partial charge in [-0.05, 0) is 18.4 Å². The first-order valence-corrected chi connectivity index (χ1v) is 5.40. The first-order valence-electron chi connectivity index (χ1n) is 4.15. The summed E-state index contributed by atoms with van der Waals surface area (Å²) < 4.78 is 5.74. The van der Waals surface area contributed by atoms with Gasteiger partial charge in [-0.3, -0.25) is 0 Å². The van der Waals surface area contributed by atoms with Crippen LogP contribution in [0.2, 0.25) is 4.34 Å². The number of thiophene rings is 1. The predicted octanol–water partition coefficient (Wildman–Crippen LogP) is 3.31. The van der Waals surface area contributed by atoms with Crippen LogP contribution in [0.4, 0.5) is 5.82 Å². The molecule has 2 aromatic heterocycles. The summed E-state index contributed by atoms with van der Waals surface area (Å²) in [6, 6.07) is 3.84. The summed E-state index contributed by atoms with van der Waals surface area (Å²) in [4.78, 5) is 0. The number of rotatable bonds is 3. The second-order valence-electron chi connectivity index (χ2n) is 2.90. The maximum atomic E-state index is 5.95. The van der Waals surface area contributed by atoms with Crippen LogP contribution >= 0.6 is 22.9 Å². The predicted molar refractivity (Wildman–Crippen MR) is 57.9 cm³/mol. The highest BCUT2D eigenvalue weighted by molar-refractivity contribution is 7.14. The normalized spacial score (nSPS) is 10.4. The van der Waals surface area contributed by atoms with Crippen LogP contribution in [-0.4, -0.2) is 5.16 Å². The highest BCUT2D eigenvalue weighted by Gasteiger charge is 2.03. The minimum absolute atomic E-state index is 0.675. The van der Waals surface area contributed by atoms with E-state index in [0.29, 0.717) is 6.54 Å². The minimum atomic E-state index is 0.675. The van der Waals surface area contributed by atoms with E-state index in [1.165, 1.54) is 11.3 Å². The SMILES string of the molecule is Cc1cc(NCc2ccsc2Cl)no1. The van der Waals surface area contributed by atoms with Crippen molar-refractivity contribution in [1.29, 1.82) is 0 Å². The zero-order chi connectivity index (χ0) is 9.97. The Labute approximate surface area is 90.7 Å². The van der Waals surface area contributed by atoms with E-state index in [9.17, 15) is 0 Å². The summed E-state index contributed by atoms with van der Waals surface area (Å²) in [7, 11) is 0. The average molecular weight is 229 g/mol. The lowest BCUT2D eigenvalue weighted by Gasteiger charge is -1.99. The van der Waals surface area contributed by atoms with E-state index in [2.05, 4.69) is 10.5 Å². The van der Waals surface area contributed by atoms with Gasteiger partial charge in [0.1, 0.15) is 5.76 Å². The Morgan fingerprint density at radius 1 is 1.64 bits per heavy atom. The van der Waals surface area contributed by atoms with Crippen LogP contribution in [0.3, 0.4) is 0 Å². The third-order valence-corrected chi connectivity index (χ3v) is 3.03. The fraction of sp³-hybridized carbons (Fsp3) is 0.222. The molecule has 0 aliphatic rings. The zero-order valence-electron chi connectivity index (χ0n) is 7.58. The van der Waals surface area contributed by atoms with Crippen molar-refractivity contribution in [2.24, 2.45) is 0 Å². The fourth-order valence-corrected chi connectivity index (χ4v) is 2.01. The number of nitrogens with one attached hydrogen (secondary N) is 1. The minimum Gasteiger partial charge on any atom is -0.363 e. The van der Waals surface area contributed by atoms with E-state index >= 15 is 0 Å². The molecule has 14 heavy (non-hydrogen) atoms. The Morgan fingerprint density at radius 3 is 3.07 bits per heavy atom. The summed E-state index contributed by atoms with van der Waals surface area (Å²) in [6.45, 7) is 2.53. The maximum Gasteiger partial charge on any atom is 0.169 e. The van der Waals surface area contributed by atoms with Crippen LogP contribution < -0.4 is 5.32 Å². The van der Waals surface area contributed by atoms with E-state index in [1.807, 2.05) is 24.4 Å². The highest BCUT2D eigenvalue weighted by Crippen LogP contribution is 2.23. The highest BCUT2D eigenvalue weighted by atomic mass is 35.5. The van der Waals surface area contributed by atoms with Gasteiger partial charge in [-0.1, -0.05) is 16.8 Å². The summed E-state index contributed by atoms with van der Waals surface area (Å²) in [6.07, 6.45) is 0. The molecule has 0 saturated carbocycles. The van der Waals surface area contributed by atoms with Gasteiger partial charge >= 0.3 is 0 Å². The molecule has 0 aliphatic carbocycles. The average Bonchev–Trinajstić information content (AvgIpc) is 2.72. The monoisotopic (exact) mass is 228 g/mol. The molecule has 0 aliphatic heterocycles. The van der Waals surface area contributed by atoms with E-state index in [0.717, 1.165) is 21.5 Å². The molecule has 0 bridgehead atoms. The van der Waals surface area contributed by atoms with Gasteiger partial charge in [-0.15, -0.1) is 11.3 Å². The number of hydrogen-bond donors (Lipinski definition) is 1. The molecule has 0 aromatic carbocycles. The standard InChI is InChI=1S/C9H9ClN2OS/c1-6-4-8(12-13-6)11-5-7-2-3-14-9(7)10/h2-4H,5H2,1H3,(H,11,12). The molecule has 3 nitrogen and oxygen atoms in total. The van der Waals surface area contributed by atoms with Crippen molar-refractivity contribution in [1.82, 2.24) is 5.16 Å². The molecule has 2 heterocycles. The number of halogens is 1. The summed E-state index contributed by atoms with van der Waals surface area (Å²) in [5.74, 6) is 1.54. The van der Waals surface area contributed by atoms with Crippen LogP contribution in [0.15, 0.2) is 22.0 Å². The van der Waals surface area contributed by atoms with Gasteiger partial charge in [-0.2, -0.15) is 0 Å². The Morgan fingerprint density at radius 2 is 2.50 bits per heavy atom. The van der Waals surface area contributed by atoms with E-state index in [-0.39, 0.29) is 0 Å². The van der Waals surface area contributed by atoms with Crippen molar-refractivity contribution in [2.75, 3.05) is 5.32 Å². The Balaban J connectivity index is 1.98. The second kappa shape index (κ2) is 4.02. The van der Waals surface area contributed by atoms with Gasteiger partial charge in [0.15, 0.2) is 5.82 Å². The summed E-state index contributed by atoms with van der Waals surface area (Å²) >= 11 is 7.47. The van der Waals surface area contributed by atoms with Gasteiger partial charge in [-0.25, -0.2) is 0 Å². The van der Waals surface area contributed by atoms with Crippen LogP contribution in [0.1, 0.15) is 11.3 Å². The first kappa shape index (κ1) is 9.55. The first-order chi connectivity index (χ1) is 6.75. The molecule has 0 atom stereocenters. The largest absolute Gasteiger partial charge is 0.363 e. The van der Waals surface area contributed by atoms with Crippen molar-refractivity contribution in [3.63, 3.8) is 0 Å². The van der Waals surface area contributed by atoms with Gasteiger partial charge in [0, 0.05) is 18.2 Å². The molecule has 1 N–H and O–H groups in total. The van der Waals surface area contributed by atoms with E-state index in [4.69, 9.17) is 16.1 Å². The fourth-order valence-electron chi connectivity index (χ4n) is 1.08. The third kappa shape index (κ3) is 2.08. The molecule has 0 fully saturated rings. The lowest BCUT2D eigenvalue weighted by atomic mass is 10.3. The molecule has 0 amide bonds. The topological polar surface area (TPSA) is 38.1 Å². The quantitative estimate of drug-likeness (QED) is 0.876. The second-order valence-corrected chi connectivity index (χ2v) is 4.41. The van der Waals surface area contributed by atoms with E-state index < -0.39 is 0 Å². The van der Waals surface area contributed by atoms with E-state index in [1.54, 1.807) is 0 Å². The Bertz CT molecular complexity index is 424. The zero-order valence-corrected chi connectivity index (χ0v) is 9.15. The van der Waals surface area contributed by atoms with Gasteiger partial charge < -0.3 is 9.84 Å². The number of aryl methyl sites for hydroxylation is 1. The molecular weight excluding hydrogens is 220 g/mol.